The average Bonchev–Trinajstić information content (AvgIpc) is 2.60. The van der Waals surface area contributed by atoms with Crippen molar-refractivity contribution >= 4 is 11.6 Å². The molecular weight excluding hydrogens is 329 g/mol. The van der Waals surface area contributed by atoms with Crippen LogP contribution in [-0.4, -0.2) is 12.1 Å². The van der Waals surface area contributed by atoms with Gasteiger partial charge in [0.1, 0.15) is 5.82 Å². The van der Waals surface area contributed by atoms with Gasteiger partial charge in [-0.05, 0) is 60.9 Å². The number of carbonyl (C=O) groups is 1. The molecule has 5 heteroatoms. The van der Waals surface area contributed by atoms with Crippen LogP contribution >= 0.6 is 0 Å². The van der Waals surface area contributed by atoms with E-state index in [9.17, 15) is 9.18 Å². The molecular formula is C21H24FN3O. The molecule has 1 amide bonds. The van der Waals surface area contributed by atoms with Crippen LogP contribution in [0.1, 0.15) is 36.4 Å². The molecule has 1 fully saturated rings. The summed E-state index contributed by atoms with van der Waals surface area (Å²) >= 11 is 0. The summed E-state index contributed by atoms with van der Waals surface area (Å²) in [5.41, 5.74) is 9.47. The zero-order valence-corrected chi connectivity index (χ0v) is 14.6. The molecule has 1 aliphatic carbocycles. The summed E-state index contributed by atoms with van der Waals surface area (Å²) in [6.45, 7) is 0. The van der Waals surface area contributed by atoms with Gasteiger partial charge in [-0.15, -0.1) is 0 Å². The van der Waals surface area contributed by atoms with Crippen LogP contribution < -0.4 is 16.4 Å². The Morgan fingerprint density at radius 3 is 2.77 bits per heavy atom. The number of carbonyl (C=O) groups excluding carboxylic acids is 1. The maximum atomic E-state index is 13.5. The summed E-state index contributed by atoms with van der Waals surface area (Å²) in [6, 6.07) is 14.3. The normalized spacial score (nSPS) is 25.4. The van der Waals surface area contributed by atoms with E-state index in [0.29, 0.717) is 0 Å². The first-order valence-corrected chi connectivity index (χ1v) is 9.27. The quantitative estimate of drug-likeness (QED) is 0.790. The lowest BCUT2D eigenvalue weighted by Gasteiger charge is -2.40. The van der Waals surface area contributed by atoms with E-state index in [-0.39, 0.29) is 35.8 Å². The van der Waals surface area contributed by atoms with Gasteiger partial charge < -0.3 is 16.4 Å². The number of para-hydroxylation sites is 1. The maximum absolute atomic E-state index is 13.5. The summed E-state index contributed by atoms with van der Waals surface area (Å²) in [5.74, 6) is -0.284. The van der Waals surface area contributed by atoms with Crippen molar-refractivity contribution in [3.8, 4) is 0 Å². The average molecular weight is 353 g/mol. The van der Waals surface area contributed by atoms with Gasteiger partial charge in [-0.1, -0.05) is 30.3 Å². The number of halogens is 1. The Balaban J connectivity index is 1.38. The van der Waals surface area contributed by atoms with Crippen molar-refractivity contribution < 1.29 is 9.18 Å². The number of fused-ring (bicyclic) bond motifs is 1. The van der Waals surface area contributed by atoms with Gasteiger partial charge in [-0.3, -0.25) is 4.79 Å². The molecule has 0 aromatic heterocycles. The minimum atomic E-state index is -0.310. The van der Waals surface area contributed by atoms with Crippen LogP contribution in [0.5, 0.6) is 0 Å². The zero-order valence-electron chi connectivity index (χ0n) is 14.6. The Kier molecular flexibility index (Phi) is 4.64. The van der Waals surface area contributed by atoms with Crippen LogP contribution in [0.4, 0.5) is 10.1 Å². The molecule has 4 nitrogen and oxygen atoms in total. The Hall–Kier alpha value is -2.40. The van der Waals surface area contributed by atoms with E-state index in [4.69, 9.17) is 5.73 Å². The van der Waals surface area contributed by atoms with E-state index in [0.717, 1.165) is 36.9 Å². The molecule has 2 aromatic carbocycles. The second kappa shape index (κ2) is 7.08. The molecule has 2 aliphatic rings. The summed E-state index contributed by atoms with van der Waals surface area (Å²) in [7, 11) is 0. The molecule has 1 saturated carbocycles. The number of amides is 1. The van der Waals surface area contributed by atoms with Crippen molar-refractivity contribution in [3.63, 3.8) is 0 Å². The van der Waals surface area contributed by atoms with E-state index < -0.39 is 0 Å². The monoisotopic (exact) mass is 353 g/mol. The fourth-order valence-corrected chi connectivity index (χ4v) is 4.07. The first kappa shape index (κ1) is 17.0. The first-order chi connectivity index (χ1) is 12.6. The van der Waals surface area contributed by atoms with Gasteiger partial charge >= 0.3 is 0 Å². The van der Waals surface area contributed by atoms with Crippen molar-refractivity contribution in [1.82, 2.24) is 5.32 Å². The molecule has 2 aromatic rings. The maximum Gasteiger partial charge on any atom is 0.225 e. The molecule has 4 atom stereocenters. The van der Waals surface area contributed by atoms with Crippen molar-refractivity contribution in [3.05, 3.63) is 65.5 Å². The number of nitrogens with two attached hydrogens (primary N) is 1. The Morgan fingerprint density at radius 2 is 2.00 bits per heavy atom. The van der Waals surface area contributed by atoms with Gasteiger partial charge in [0, 0.05) is 17.6 Å². The summed E-state index contributed by atoms with van der Waals surface area (Å²) in [5, 5.41) is 6.53. The number of nitrogens with one attached hydrogen (secondary N) is 2. The van der Waals surface area contributed by atoms with Crippen LogP contribution in [0.2, 0.25) is 0 Å². The van der Waals surface area contributed by atoms with Crippen molar-refractivity contribution in [1.29, 1.82) is 0 Å². The molecule has 4 N–H and O–H groups in total. The standard InChI is InChI=1S/C21H24FN3O/c22-15-6-3-5-14(12-15)20(23)16-9-10-17(16)21(26)25-19-11-8-13-4-1-2-7-18(13)24-19/h1-7,12,16-17,19-20,24H,8-11,23H2,(H,25,26)/t16-,17+,19?,20?/m0/s1. The van der Waals surface area contributed by atoms with Gasteiger partial charge in [0.05, 0.1) is 6.17 Å². The molecule has 1 aliphatic heterocycles. The second-order valence-corrected chi connectivity index (χ2v) is 7.33. The number of hydrogen-bond donors (Lipinski definition) is 3. The third-order valence-electron chi connectivity index (χ3n) is 5.73. The largest absolute Gasteiger partial charge is 0.365 e. The molecule has 0 spiro atoms. The minimum Gasteiger partial charge on any atom is -0.365 e. The third-order valence-corrected chi connectivity index (χ3v) is 5.73. The summed E-state index contributed by atoms with van der Waals surface area (Å²) < 4.78 is 13.5. The Labute approximate surface area is 153 Å². The Bertz CT molecular complexity index is 809. The first-order valence-electron chi connectivity index (χ1n) is 9.27. The zero-order chi connectivity index (χ0) is 18.1. The van der Waals surface area contributed by atoms with E-state index in [1.807, 2.05) is 24.3 Å². The number of rotatable bonds is 4. The number of benzene rings is 2. The van der Waals surface area contributed by atoms with Gasteiger partial charge in [0.2, 0.25) is 5.91 Å². The van der Waals surface area contributed by atoms with E-state index in [1.165, 1.54) is 17.7 Å². The Morgan fingerprint density at radius 1 is 1.15 bits per heavy atom. The number of aryl methyl sites for hydroxylation is 1. The number of hydrogen-bond acceptors (Lipinski definition) is 3. The smallest absolute Gasteiger partial charge is 0.225 e. The molecule has 4 rings (SSSR count). The topological polar surface area (TPSA) is 67.2 Å². The van der Waals surface area contributed by atoms with E-state index >= 15 is 0 Å². The summed E-state index contributed by atoms with van der Waals surface area (Å²) in [6.07, 6.45) is 3.50. The lowest BCUT2D eigenvalue weighted by molar-refractivity contribution is -0.131. The predicted molar refractivity (Wildman–Crippen MR) is 99.9 cm³/mol. The van der Waals surface area contributed by atoms with Gasteiger partial charge in [-0.25, -0.2) is 4.39 Å². The molecule has 2 unspecified atom stereocenters. The molecule has 0 radical (unpaired) electrons. The fraction of sp³-hybridized carbons (Fsp3) is 0.381. The fourth-order valence-electron chi connectivity index (χ4n) is 4.07. The molecule has 0 bridgehead atoms. The lowest BCUT2D eigenvalue weighted by Crippen LogP contribution is -2.50. The third kappa shape index (κ3) is 3.31. The highest BCUT2D eigenvalue weighted by atomic mass is 19.1. The second-order valence-electron chi connectivity index (χ2n) is 7.33. The predicted octanol–water partition coefficient (Wildman–Crippen LogP) is 3.35. The SMILES string of the molecule is NC(c1cccc(F)c1)[C@H]1CC[C@H]1C(=O)NC1CCc2ccccc2N1. The van der Waals surface area contributed by atoms with E-state index in [2.05, 4.69) is 16.7 Å². The van der Waals surface area contributed by atoms with Gasteiger partial charge in [-0.2, -0.15) is 0 Å². The highest BCUT2D eigenvalue weighted by molar-refractivity contribution is 5.80. The number of anilines is 1. The van der Waals surface area contributed by atoms with Crippen molar-refractivity contribution in [2.24, 2.45) is 17.6 Å². The van der Waals surface area contributed by atoms with Crippen LogP contribution in [0.3, 0.4) is 0 Å². The molecule has 136 valence electrons. The lowest BCUT2D eigenvalue weighted by atomic mass is 9.68. The van der Waals surface area contributed by atoms with Crippen molar-refractivity contribution in [2.45, 2.75) is 37.9 Å². The van der Waals surface area contributed by atoms with Crippen LogP contribution in [0.15, 0.2) is 48.5 Å². The molecule has 1 heterocycles. The van der Waals surface area contributed by atoms with Crippen molar-refractivity contribution in [2.75, 3.05) is 5.32 Å². The van der Waals surface area contributed by atoms with E-state index in [1.54, 1.807) is 6.07 Å². The van der Waals surface area contributed by atoms with Crippen LogP contribution in [0.25, 0.3) is 0 Å². The molecule has 26 heavy (non-hydrogen) atoms. The van der Waals surface area contributed by atoms with Crippen LogP contribution in [0, 0.1) is 17.7 Å². The molecule has 0 saturated heterocycles. The minimum absolute atomic E-state index is 0.0463. The summed E-state index contributed by atoms with van der Waals surface area (Å²) in [4.78, 5) is 12.7. The van der Waals surface area contributed by atoms with Crippen LogP contribution in [-0.2, 0) is 11.2 Å². The highest BCUT2D eigenvalue weighted by Gasteiger charge is 2.41. The van der Waals surface area contributed by atoms with Gasteiger partial charge in [0.15, 0.2) is 0 Å². The van der Waals surface area contributed by atoms with Gasteiger partial charge in [0.25, 0.3) is 0 Å². The highest BCUT2D eigenvalue weighted by Crippen LogP contribution is 2.42.